The van der Waals surface area contributed by atoms with Gasteiger partial charge in [0.05, 0.1) is 0 Å². The molecule has 1 nitrogen and oxygen atoms in total. The second-order valence-corrected chi connectivity index (χ2v) is 6.32. The van der Waals surface area contributed by atoms with E-state index in [2.05, 4.69) is 50.4 Å². The fraction of sp³-hybridized carbons (Fsp3) is 0.647. The highest BCUT2D eigenvalue weighted by molar-refractivity contribution is 5.50. The minimum absolute atomic E-state index is 0.684. The van der Waals surface area contributed by atoms with E-state index in [0.717, 1.165) is 11.8 Å². The Bertz CT molecular complexity index is 370. The first-order valence-electron chi connectivity index (χ1n) is 7.47. The molecule has 0 heterocycles. The van der Waals surface area contributed by atoms with E-state index in [1.807, 2.05) is 0 Å². The first-order valence-corrected chi connectivity index (χ1v) is 7.47. The van der Waals surface area contributed by atoms with Crippen LogP contribution >= 0.6 is 0 Å². The van der Waals surface area contributed by atoms with Gasteiger partial charge < -0.3 is 5.32 Å². The van der Waals surface area contributed by atoms with Crippen molar-refractivity contribution in [3.8, 4) is 0 Å². The molecule has 1 aliphatic rings. The van der Waals surface area contributed by atoms with Crippen molar-refractivity contribution in [3.63, 3.8) is 0 Å². The van der Waals surface area contributed by atoms with Crippen LogP contribution in [-0.4, -0.2) is 6.04 Å². The van der Waals surface area contributed by atoms with Crippen molar-refractivity contribution in [1.82, 2.24) is 0 Å². The maximum absolute atomic E-state index is 3.75. The van der Waals surface area contributed by atoms with Gasteiger partial charge in [0, 0.05) is 11.7 Å². The SMILES string of the molecule is Cc1ccccc1NC1CCCC(CC(C)C)C1. The molecule has 0 aromatic heterocycles. The minimum Gasteiger partial charge on any atom is -0.382 e. The predicted molar refractivity (Wildman–Crippen MR) is 80.0 cm³/mol. The number of para-hydroxylation sites is 1. The van der Waals surface area contributed by atoms with Gasteiger partial charge in [-0.3, -0.25) is 0 Å². The highest BCUT2D eigenvalue weighted by Gasteiger charge is 2.22. The highest BCUT2D eigenvalue weighted by atomic mass is 14.9. The Morgan fingerprint density at radius 3 is 2.72 bits per heavy atom. The van der Waals surface area contributed by atoms with Gasteiger partial charge in [0.2, 0.25) is 0 Å². The summed E-state index contributed by atoms with van der Waals surface area (Å²) in [5.41, 5.74) is 2.69. The van der Waals surface area contributed by atoms with Crippen molar-refractivity contribution >= 4 is 5.69 Å². The summed E-state index contributed by atoms with van der Waals surface area (Å²) in [6.07, 6.45) is 6.91. The lowest BCUT2D eigenvalue weighted by atomic mass is 9.81. The first-order chi connectivity index (χ1) is 8.65. The van der Waals surface area contributed by atoms with Gasteiger partial charge in [0.15, 0.2) is 0 Å². The quantitative estimate of drug-likeness (QED) is 0.786. The molecule has 0 spiro atoms. The Kier molecular flexibility index (Phi) is 4.68. The minimum atomic E-state index is 0.684. The lowest BCUT2D eigenvalue weighted by molar-refractivity contribution is 0.289. The van der Waals surface area contributed by atoms with Crippen molar-refractivity contribution < 1.29 is 0 Å². The lowest BCUT2D eigenvalue weighted by Gasteiger charge is -2.31. The maximum Gasteiger partial charge on any atom is 0.0372 e. The molecule has 1 N–H and O–H groups in total. The zero-order valence-electron chi connectivity index (χ0n) is 12.1. The highest BCUT2D eigenvalue weighted by Crippen LogP contribution is 2.31. The van der Waals surface area contributed by atoms with Crippen LogP contribution < -0.4 is 5.32 Å². The van der Waals surface area contributed by atoms with E-state index >= 15 is 0 Å². The summed E-state index contributed by atoms with van der Waals surface area (Å²) in [6.45, 7) is 6.88. The van der Waals surface area contributed by atoms with Crippen molar-refractivity contribution in [2.75, 3.05) is 5.32 Å². The summed E-state index contributed by atoms with van der Waals surface area (Å²) in [5.74, 6) is 1.77. The van der Waals surface area contributed by atoms with E-state index in [1.165, 1.54) is 43.4 Å². The first kappa shape index (κ1) is 13.5. The van der Waals surface area contributed by atoms with E-state index in [9.17, 15) is 0 Å². The molecule has 0 bridgehead atoms. The van der Waals surface area contributed by atoms with Gasteiger partial charge in [-0.25, -0.2) is 0 Å². The molecule has 18 heavy (non-hydrogen) atoms. The fourth-order valence-electron chi connectivity index (χ4n) is 3.26. The molecule has 0 saturated heterocycles. The average Bonchev–Trinajstić information content (AvgIpc) is 2.32. The number of benzene rings is 1. The van der Waals surface area contributed by atoms with E-state index in [-0.39, 0.29) is 0 Å². The number of nitrogens with one attached hydrogen (secondary N) is 1. The maximum atomic E-state index is 3.75. The van der Waals surface area contributed by atoms with Gasteiger partial charge in [-0.1, -0.05) is 44.9 Å². The topological polar surface area (TPSA) is 12.0 Å². The smallest absolute Gasteiger partial charge is 0.0372 e. The van der Waals surface area contributed by atoms with E-state index in [4.69, 9.17) is 0 Å². The molecule has 1 saturated carbocycles. The third-order valence-electron chi connectivity index (χ3n) is 4.09. The third kappa shape index (κ3) is 3.76. The molecular formula is C17H27N. The van der Waals surface area contributed by atoms with Crippen LogP contribution in [0.2, 0.25) is 0 Å². The Morgan fingerprint density at radius 2 is 2.00 bits per heavy atom. The van der Waals surface area contributed by atoms with Crippen LogP contribution in [-0.2, 0) is 0 Å². The van der Waals surface area contributed by atoms with Gasteiger partial charge in [-0.2, -0.15) is 0 Å². The standard InChI is InChI=1S/C17H27N/c1-13(2)11-15-8-6-9-16(12-15)18-17-10-5-4-7-14(17)3/h4-5,7,10,13,15-16,18H,6,8-9,11-12H2,1-3H3. The summed E-state index contributed by atoms with van der Waals surface area (Å²) in [5, 5.41) is 3.75. The molecule has 2 unspecified atom stereocenters. The Hall–Kier alpha value is -0.980. The monoisotopic (exact) mass is 245 g/mol. The largest absolute Gasteiger partial charge is 0.382 e. The summed E-state index contributed by atoms with van der Waals surface area (Å²) in [4.78, 5) is 0. The van der Waals surface area contributed by atoms with Crippen LogP contribution in [0.25, 0.3) is 0 Å². The molecular weight excluding hydrogens is 218 g/mol. The van der Waals surface area contributed by atoms with Crippen LogP contribution in [0.3, 0.4) is 0 Å². The second kappa shape index (κ2) is 6.26. The molecule has 2 atom stereocenters. The number of anilines is 1. The van der Waals surface area contributed by atoms with Crippen molar-refractivity contribution in [2.24, 2.45) is 11.8 Å². The summed E-state index contributed by atoms with van der Waals surface area (Å²) >= 11 is 0. The van der Waals surface area contributed by atoms with Gasteiger partial charge in [0.1, 0.15) is 0 Å². The van der Waals surface area contributed by atoms with Crippen LogP contribution in [0.4, 0.5) is 5.69 Å². The van der Waals surface area contributed by atoms with Gasteiger partial charge in [-0.05, 0) is 49.7 Å². The average molecular weight is 245 g/mol. The Balaban J connectivity index is 1.91. The predicted octanol–water partition coefficient (Wildman–Crippen LogP) is 5.01. The Morgan fingerprint density at radius 1 is 1.22 bits per heavy atom. The van der Waals surface area contributed by atoms with Crippen molar-refractivity contribution in [2.45, 2.75) is 58.9 Å². The van der Waals surface area contributed by atoms with Gasteiger partial charge in [0.25, 0.3) is 0 Å². The molecule has 1 fully saturated rings. The molecule has 1 aliphatic carbocycles. The van der Waals surface area contributed by atoms with Crippen molar-refractivity contribution in [3.05, 3.63) is 29.8 Å². The zero-order chi connectivity index (χ0) is 13.0. The summed E-state index contributed by atoms with van der Waals surface area (Å²) < 4.78 is 0. The molecule has 0 aliphatic heterocycles. The van der Waals surface area contributed by atoms with Crippen LogP contribution in [0.1, 0.15) is 51.5 Å². The molecule has 0 amide bonds. The number of hydrogen-bond acceptors (Lipinski definition) is 1. The number of aryl methyl sites for hydroxylation is 1. The Labute approximate surface area is 112 Å². The lowest BCUT2D eigenvalue weighted by Crippen LogP contribution is -2.28. The molecule has 2 rings (SSSR count). The number of hydrogen-bond donors (Lipinski definition) is 1. The summed E-state index contributed by atoms with van der Waals surface area (Å²) in [7, 11) is 0. The zero-order valence-corrected chi connectivity index (χ0v) is 12.1. The van der Waals surface area contributed by atoms with Crippen LogP contribution in [0.5, 0.6) is 0 Å². The van der Waals surface area contributed by atoms with Crippen molar-refractivity contribution in [1.29, 1.82) is 0 Å². The molecule has 100 valence electrons. The summed E-state index contributed by atoms with van der Waals surface area (Å²) in [6, 6.07) is 9.33. The van der Waals surface area contributed by atoms with E-state index < -0.39 is 0 Å². The van der Waals surface area contributed by atoms with Gasteiger partial charge in [-0.15, -0.1) is 0 Å². The fourth-order valence-corrected chi connectivity index (χ4v) is 3.26. The molecule has 1 aromatic rings. The van der Waals surface area contributed by atoms with Crippen LogP contribution in [0.15, 0.2) is 24.3 Å². The normalized spacial score (nSPS) is 24.2. The number of rotatable bonds is 4. The molecule has 1 aromatic carbocycles. The van der Waals surface area contributed by atoms with Crippen LogP contribution in [0, 0.1) is 18.8 Å². The third-order valence-corrected chi connectivity index (χ3v) is 4.09. The molecule has 1 heteroatoms. The van der Waals surface area contributed by atoms with E-state index in [0.29, 0.717) is 6.04 Å². The van der Waals surface area contributed by atoms with Gasteiger partial charge >= 0.3 is 0 Å². The second-order valence-electron chi connectivity index (χ2n) is 6.32. The molecule has 0 radical (unpaired) electrons. The van der Waals surface area contributed by atoms with E-state index in [1.54, 1.807) is 0 Å².